The Morgan fingerprint density at radius 3 is 2.11 bits per heavy atom. The second kappa shape index (κ2) is 7.28. The summed E-state index contributed by atoms with van der Waals surface area (Å²) in [7, 11) is 0. The lowest BCUT2D eigenvalue weighted by Crippen LogP contribution is -2.33. The lowest BCUT2D eigenvalue weighted by atomic mass is 10.2. The first-order valence-electron chi connectivity index (χ1n) is 6.48. The van der Waals surface area contributed by atoms with Gasteiger partial charge in [-0.15, -0.1) is 0 Å². The third kappa shape index (κ3) is 4.53. The van der Waals surface area contributed by atoms with Gasteiger partial charge in [0.15, 0.2) is 5.75 Å². The van der Waals surface area contributed by atoms with Crippen molar-refractivity contribution in [2.45, 2.75) is 17.9 Å². The molecule has 0 saturated carbocycles. The van der Waals surface area contributed by atoms with Crippen molar-refractivity contribution in [2.24, 2.45) is 0 Å². The minimum atomic E-state index is -4.78. The highest BCUT2D eigenvalue weighted by atomic mass is 35.5. The van der Waals surface area contributed by atoms with Crippen molar-refractivity contribution in [2.75, 3.05) is 0 Å². The second-order valence-corrected chi connectivity index (χ2v) is 6.04. The third-order valence-electron chi connectivity index (χ3n) is 2.96. The molecular weight excluding hydrogens is 453 g/mol. The topological polar surface area (TPSA) is 64.3 Å². The Balaban J connectivity index is 2.58. The van der Waals surface area contributed by atoms with Gasteiger partial charge in [-0.1, -0.05) is 34.8 Å². The van der Waals surface area contributed by atoms with Gasteiger partial charge in [0, 0.05) is 0 Å². The van der Waals surface area contributed by atoms with E-state index >= 15 is 0 Å². The van der Waals surface area contributed by atoms with E-state index in [9.17, 15) is 31.1 Å². The molecule has 1 aromatic heterocycles. The number of rotatable bonds is 5. The molecule has 1 heterocycles. The van der Waals surface area contributed by atoms with Gasteiger partial charge in [-0.25, -0.2) is 13.9 Å². The average Bonchev–Trinajstić information content (AvgIpc) is 2.88. The van der Waals surface area contributed by atoms with Crippen LogP contribution in [0.4, 0.5) is 26.3 Å². The largest absolute Gasteiger partial charge is 0.476 e. The fourth-order valence-electron chi connectivity index (χ4n) is 1.83. The van der Waals surface area contributed by atoms with Gasteiger partial charge in [-0.2, -0.15) is 27.1 Å². The minimum Gasteiger partial charge on any atom is -0.476 e. The van der Waals surface area contributed by atoms with Crippen molar-refractivity contribution in [1.29, 1.82) is 0 Å². The lowest BCUT2D eigenvalue weighted by Gasteiger charge is -2.16. The molecule has 0 aliphatic heterocycles. The lowest BCUT2D eigenvalue weighted by molar-refractivity contribution is -0.199. The summed E-state index contributed by atoms with van der Waals surface area (Å²) in [5, 5.41) is 11.2. The van der Waals surface area contributed by atoms with Gasteiger partial charge in [0.1, 0.15) is 5.69 Å². The maximum absolute atomic E-state index is 13.3. The molecule has 2 aromatic rings. The number of aromatic carboxylic acids is 1. The van der Waals surface area contributed by atoms with E-state index in [0.717, 1.165) is 0 Å². The third-order valence-corrected chi connectivity index (χ3v) is 3.79. The Morgan fingerprint density at radius 1 is 1.19 bits per heavy atom. The van der Waals surface area contributed by atoms with Crippen molar-refractivity contribution in [3.8, 4) is 11.4 Å². The number of hydrogen-bond acceptors (Lipinski definition) is 3. The smallest absolute Gasteiger partial charge is 0.444 e. The molecule has 14 heteroatoms. The number of hydrogen-bond donors (Lipinski definition) is 1. The summed E-state index contributed by atoms with van der Waals surface area (Å²) < 4.78 is 82.0. The summed E-state index contributed by atoms with van der Waals surface area (Å²) in [6, 6.07) is 0.937. The molecule has 0 fully saturated rings. The van der Waals surface area contributed by atoms with Gasteiger partial charge in [0.2, 0.25) is 5.69 Å². The molecule has 1 aromatic carbocycles. The maximum Gasteiger partial charge on any atom is 0.444 e. The summed E-state index contributed by atoms with van der Waals surface area (Å²) >= 11 is 16.1. The first-order valence-corrected chi connectivity index (χ1v) is 7.68. The molecule has 0 saturated heterocycles. The second-order valence-electron chi connectivity index (χ2n) is 4.84. The van der Waals surface area contributed by atoms with E-state index < -0.39 is 56.6 Å². The zero-order valence-corrected chi connectivity index (χ0v) is 14.6. The van der Waals surface area contributed by atoms with Crippen LogP contribution >= 0.6 is 34.8 Å². The van der Waals surface area contributed by atoms with Crippen LogP contribution in [0.5, 0.6) is 5.75 Å². The number of nitrogens with zero attached hydrogens (tertiary/aromatic N) is 2. The first kappa shape index (κ1) is 21.5. The molecule has 1 unspecified atom stereocenters. The van der Waals surface area contributed by atoms with Crippen LogP contribution in [-0.4, -0.2) is 32.6 Å². The van der Waals surface area contributed by atoms with E-state index in [0.29, 0.717) is 23.0 Å². The molecule has 5 nitrogen and oxygen atoms in total. The van der Waals surface area contributed by atoms with Crippen LogP contribution in [0.2, 0.25) is 10.0 Å². The van der Waals surface area contributed by atoms with Gasteiger partial charge in [0.25, 0.3) is 5.63 Å². The summed E-state index contributed by atoms with van der Waals surface area (Å²) in [4.78, 5) is 11.1. The van der Waals surface area contributed by atoms with Crippen molar-refractivity contribution in [3.63, 3.8) is 0 Å². The quantitative estimate of drug-likeness (QED) is 0.482. The van der Waals surface area contributed by atoms with E-state index in [1.54, 1.807) is 0 Å². The van der Waals surface area contributed by atoms with Crippen molar-refractivity contribution in [3.05, 3.63) is 39.6 Å². The fourth-order valence-corrected chi connectivity index (χ4v) is 2.54. The fraction of sp³-hybridized carbons (Fsp3) is 0.231. The Bertz CT molecular complexity index is 862. The van der Waals surface area contributed by atoms with Gasteiger partial charge in [-0.05, 0) is 12.1 Å². The number of carboxylic acid groups (broad SMARTS) is 1. The Labute approximate surface area is 161 Å². The number of benzene rings is 1. The van der Waals surface area contributed by atoms with Crippen molar-refractivity contribution < 1.29 is 41.0 Å². The van der Waals surface area contributed by atoms with Crippen LogP contribution in [0.15, 0.2) is 18.3 Å². The van der Waals surface area contributed by atoms with Crippen molar-refractivity contribution in [1.82, 2.24) is 9.78 Å². The van der Waals surface area contributed by atoms with Crippen molar-refractivity contribution >= 4 is 40.8 Å². The molecule has 1 N–H and O–H groups in total. The normalized spacial score (nSPS) is 13.5. The average molecular weight is 458 g/mol. The standard InChI is InChI=1S/C13H5Cl3F6N2O3/c14-5-1-4(12(18,19)20)2-6(15)9(5)24-3-7(8(23-24)10(25)26)27-13(21,22)11(16)17/h1-3,11H,(H,25,26). The van der Waals surface area contributed by atoms with Crippen LogP contribution in [-0.2, 0) is 6.18 Å². The van der Waals surface area contributed by atoms with Crippen LogP contribution < -0.4 is 4.74 Å². The van der Waals surface area contributed by atoms with E-state index in [2.05, 4.69) is 21.4 Å². The predicted octanol–water partition coefficient (Wildman–Crippen LogP) is 5.40. The van der Waals surface area contributed by atoms with Crippen LogP contribution in [0.25, 0.3) is 5.69 Å². The summed E-state index contributed by atoms with van der Waals surface area (Å²) in [5.41, 5.74) is -6.09. The molecule has 148 valence electrons. The highest BCUT2D eigenvalue weighted by Crippen LogP contribution is 2.38. The van der Waals surface area contributed by atoms with E-state index in [1.165, 1.54) is 0 Å². The number of carboxylic acids is 1. The SMILES string of the molecule is O=C(O)c1nn(-c2c(Cl)cc(C(F)(F)F)cc2Cl)cc1OC(F)(F)C(F)Cl. The molecule has 0 aliphatic rings. The predicted molar refractivity (Wildman–Crippen MR) is 81.9 cm³/mol. The summed E-state index contributed by atoms with van der Waals surface area (Å²) in [5.74, 6) is -2.98. The van der Waals surface area contributed by atoms with Gasteiger partial charge in [0.05, 0.1) is 21.8 Å². The molecule has 0 amide bonds. The maximum atomic E-state index is 13.3. The van der Waals surface area contributed by atoms with Gasteiger partial charge >= 0.3 is 18.3 Å². The van der Waals surface area contributed by atoms with E-state index in [4.69, 9.17) is 28.3 Å². The molecule has 0 spiro atoms. The Morgan fingerprint density at radius 2 is 1.70 bits per heavy atom. The molecular formula is C13H5Cl3F6N2O3. The van der Waals surface area contributed by atoms with E-state index in [-0.39, 0.29) is 0 Å². The van der Waals surface area contributed by atoms with Crippen LogP contribution in [0.3, 0.4) is 0 Å². The Kier molecular flexibility index (Phi) is 5.79. The highest BCUT2D eigenvalue weighted by molar-refractivity contribution is 6.37. The molecule has 0 bridgehead atoms. The molecule has 0 aliphatic carbocycles. The number of aromatic nitrogens is 2. The molecule has 0 radical (unpaired) electrons. The Hall–Kier alpha value is -1.85. The minimum absolute atomic E-state index is 0.449. The molecule has 2 rings (SSSR count). The zero-order valence-electron chi connectivity index (χ0n) is 12.4. The number of ether oxygens (including phenoxy) is 1. The molecule has 1 atom stereocenters. The molecule has 27 heavy (non-hydrogen) atoms. The summed E-state index contributed by atoms with van der Waals surface area (Å²) in [6.45, 7) is 0. The number of alkyl halides is 7. The van der Waals surface area contributed by atoms with Crippen LogP contribution in [0.1, 0.15) is 16.1 Å². The van der Waals surface area contributed by atoms with Gasteiger partial charge < -0.3 is 9.84 Å². The monoisotopic (exact) mass is 456 g/mol. The zero-order chi connectivity index (χ0) is 20.7. The number of carbonyl (C=O) groups is 1. The van der Waals surface area contributed by atoms with Crippen LogP contribution in [0, 0.1) is 0 Å². The summed E-state index contributed by atoms with van der Waals surface area (Å²) in [6.07, 6.45) is -8.88. The highest BCUT2D eigenvalue weighted by Gasteiger charge is 2.43. The number of halogens is 9. The first-order chi connectivity index (χ1) is 12.2. The van der Waals surface area contributed by atoms with E-state index in [1.807, 2.05) is 0 Å². The van der Waals surface area contributed by atoms with Gasteiger partial charge in [-0.3, -0.25) is 0 Å².